The van der Waals surface area contributed by atoms with Crippen molar-refractivity contribution < 1.29 is 0 Å². The normalized spacial score (nSPS) is 10.6. The van der Waals surface area contributed by atoms with Gasteiger partial charge in [0.2, 0.25) is 0 Å². The maximum Gasteiger partial charge on any atom is 0.158 e. The van der Waals surface area contributed by atoms with Gasteiger partial charge in [-0.1, -0.05) is 30.3 Å². The van der Waals surface area contributed by atoms with Gasteiger partial charge in [-0.15, -0.1) is 0 Å². The molecule has 17 heavy (non-hydrogen) atoms. The summed E-state index contributed by atoms with van der Waals surface area (Å²) in [4.78, 5) is 4.23. The van der Waals surface area contributed by atoms with Gasteiger partial charge < -0.3 is 5.32 Å². The van der Waals surface area contributed by atoms with Gasteiger partial charge in [0.1, 0.15) is 12.1 Å². The van der Waals surface area contributed by atoms with Crippen molar-refractivity contribution in [1.82, 2.24) is 14.6 Å². The summed E-state index contributed by atoms with van der Waals surface area (Å²) in [7, 11) is 1.88. The van der Waals surface area contributed by atoms with E-state index < -0.39 is 0 Å². The van der Waals surface area contributed by atoms with Gasteiger partial charge in [-0.25, -0.2) is 4.98 Å². The highest BCUT2D eigenvalue weighted by Crippen LogP contribution is 2.23. The third-order valence-electron chi connectivity index (χ3n) is 2.74. The fraction of sp³-hybridized carbons (Fsp3) is 0.0769. The number of hydrogen-bond donors (Lipinski definition) is 1. The van der Waals surface area contributed by atoms with Crippen molar-refractivity contribution in [2.24, 2.45) is 0 Å². The second kappa shape index (κ2) is 3.90. The number of anilines is 1. The number of aromatic nitrogens is 3. The van der Waals surface area contributed by atoms with E-state index in [1.54, 1.807) is 10.8 Å². The summed E-state index contributed by atoms with van der Waals surface area (Å²) < 4.78 is 1.78. The third kappa shape index (κ3) is 1.63. The molecule has 4 heteroatoms. The van der Waals surface area contributed by atoms with Crippen molar-refractivity contribution >= 4 is 11.5 Å². The van der Waals surface area contributed by atoms with Crippen LogP contribution in [-0.4, -0.2) is 21.6 Å². The lowest BCUT2D eigenvalue weighted by Crippen LogP contribution is -1.99. The highest BCUT2D eigenvalue weighted by atomic mass is 15.3. The lowest BCUT2D eigenvalue weighted by Gasteiger charge is -2.07. The molecule has 0 saturated carbocycles. The molecule has 3 aromatic rings. The van der Waals surface area contributed by atoms with Crippen molar-refractivity contribution in [2.45, 2.75) is 0 Å². The number of rotatable bonds is 2. The molecule has 0 aliphatic carbocycles. The predicted octanol–water partition coefficient (Wildman–Crippen LogP) is 2.44. The first kappa shape index (κ1) is 9.84. The molecule has 0 aliphatic rings. The minimum absolute atomic E-state index is 0.843. The highest BCUT2D eigenvalue weighted by molar-refractivity contribution is 5.71. The van der Waals surface area contributed by atoms with E-state index >= 15 is 0 Å². The zero-order valence-corrected chi connectivity index (χ0v) is 9.46. The first-order valence-corrected chi connectivity index (χ1v) is 5.45. The van der Waals surface area contributed by atoms with Gasteiger partial charge in [-0.2, -0.15) is 9.61 Å². The molecule has 2 heterocycles. The molecule has 84 valence electrons. The molecule has 0 saturated heterocycles. The number of fused-ring (bicyclic) bond motifs is 1. The Morgan fingerprint density at radius 2 is 1.88 bits per heavy atom. The van der Waals surface area contributed by atoms with Crippen LogP contribution in [0.15, 0.2) is 48.8 Å². The predicted molar refractivity (Wildman–Crippen MR) is 68.0 cm³/mol. The molecule has 0 spiro atoms. The minimum atomic E-state index is 0.843. The van der Waals surface area contributed by atoms with E-state index in [1.807, 2.05) is 31.3 Å². The zero-order chi connectivity index (χ0) is 11.7. The maximum absolute atomic E-state index is 4.23. The first-order valence-electron chi connectivity index (χ1n) is 5.45. The summed E-state index contributed by atoms with van der Waals surface area (Å²) in [5, 5.41) is 7.29. The average Bonchev–Trinajstić information content (AvgIpc) is 2.86. The number of nitrogens with zero attached hydrogens (tertiary/aromatic N) is 3. The Bertz CT molecular complexity index is 643. The van der Waals surface area contributed by atoms with E-state index in [1.165, 1.54) is 5.56 Å². The molecule has 2 aromatic heterocycles. The highest BCUT2D eigenvalue weighted by Gasteiger charge is 2.05. The lowest BCUT2D eigenvalue weighted by molar-refractivity contribution is 0.965. The van der Waals surface area contributed by atoms with E-state index in [-0.39, 0.29) is 0 Å². The quantitative estimate of drug-likeness (QED) is 0.727. The largest absolute Gasteiger partial charge is 0.373 e. The molecule has 0 fully saturated rings. The van der Waals surface area contributed by atoms with Crippen LogP contribution >= 0.6 is 0 Å². The molecular weight excluding hydrogens is 212 g/mol. The average molecular weight is 224 g/mol. The number of nitrogens with one attached hydrogen (secondary N) is 1. The van der Waals surface area contributed by atoms with Crippen molar-refractivity contribution in [3.8, 4) is 11.1 Å². The third-order valence-corrected chi connectivity index (χ3v) is 2.74. The summed E-state index contributed by atoms with van der Waals surface area (Å²) in [6.45, 7) is 0. The molecule has 0 aliphatic heterocycles. The van der Waals surface area contributed by atoms with Crippen LogP contribution in [0.4, 0.5) is 5.82 Å². The van der Waals surface area contributed by atoms with Crippen LogP contribution in [-0.2, 0) is 0 Å². The molecule has 0 bridgehead atoms. The maximum atomic E-state index is 4.23. The Morgan fingerprint density at radius 3 is 2.65 bits per heavy atom. The standard InChI is InChI=1S/C13H12N4/c1-14-12-7-11(10-5-3-2-4-6-10)8-13-15-9-16-17(12)13/h2-9,14H,1H3. The zero-order valence-electron chi connectivity index (χ0n) is 9.46. The first-order chi connectivity index (χ1) is 8.38. The van der Waals surface area contributed by atoms with Crippen LogP contribution in [0.25, 0.3) is 16.8 Å². The van der Waals surface area contributed by atoms with Crippen LogP contribution in [0.3, 0.4) is 0 Å². The lowest BCUT2D eigenvalue weighted by atomic mass is 10.1. The fourth-order valence-corrected chi connectivity index (χ4v) is 1.90. The fourth-order valence-electron chi connectivity index (χ4n) is 1.90. The number of hydrogen-bond acceptors (Lipinski definition) is 3. The monoisotopic (exact) mass is 224 g/mol. The van der Waals surface area contributed by atoms with Crippen LogP contribution in [0.2, 0.25) is 0 Å². The van der Waals surface area contributed by atoms with Crippen molar-refractivity contribution in [3.63, 3.8) is 0 Å². The molecule has 1 aromatic carbocycles. The van der Waals surface area contributed by atoms with E-state index in [9.17, 15) is 0 Å². The SMILES string of the molecule is CNc1cc(-c2ccccc2)cc2ncnn12. The Balaban J connectivity index is 2.24. The minimum Gasteiger partial charge on any atom is -0.373 e. The van der Waals surface area contributed by atoms with Crippen molar-refractivity contribution in [3.05, 3.63) is 48.8 Å². The van der Waals surface area contributed by atoms with Gasteiger partial charge in [0.15, 0.2) is 5.65 Å². The number of pyridine rings is 1. The Hall–Kier alpha value is -2.36. The van der Waals surface area contributed by atoms with E-state index in [4.69, 9.17) is 0 Å². The van der Waals surface area contributed by atoms with Crippen LogP contribution < -0.4 is 5.32 Å². The van der Waals surface area contributed by atoms with E-state index in [0.29, 0.717) is 0 Å². The molecule has 0 radical (unpaired) electrons. The summed E-state index contributed by atoms with van der Waals surface area (Å²) in [5.41, 5.74) is 3.15. The van der Waals surface area contributed by atoms with E-state index in [2.05, 4.69) is 33.6 Å². The van der Waals surface area contributed by atoms with Crippen LogP contribution in [0, 0.1) is 0 Å². The Labute approximate surface area is 98.9 Å². The van der Waals surface area contributed by atoms with E-state index in [0.717, 1.165) is 17.0 Å². The van der Waals surface area contributed by atoms with Gasteiger partial charge in [-0.05, 0) is 23.3 Å². The van der Waals surface area contributed by atoms with Crippen molar-refractivity contribution in [2.75, 3.05) is 12.4 Å². The molecule has 1 N–H and O–H groups in total. The smallest absolute Gasteiger partial charge is 0.158 e. The Morgan fingerprint density at radius 1 is 1.06 bits per heavy atom. The second-order valence-corrected chi connectivity index (χ2v) is 3.78. The Kier molecular flexibility index (Phi) is 2.26. The summed E-state index contributed by atoms with van der Waals surface area (Å²) >= 11 is 0. The van der Waals surface area contributed by atoms with Gasteiger partial charge >= 0.3 is 0 Å². The molecule has 0 atom stereocenters. The summed E-state index contributed by atoms with van der Waals surface area (Å²) in [5.74, 6) is 0.929. The van der Waals surface area contributed by atoms with Gasteiger partial charge in [-0.3, -0.25) is 0 Å². The molecule has 0 unspecified atom stereocenters. The molecule has 3 rings (SSSR count). The van der Waals surface area contributed by atoms with Crippen molar-refractivity contribution in [1.29, 1.82) is 0 Å². The number of benzene rings is 1. The molecule has 0 amide bonds. The summed E-state index contributed by atoms with van der Waals surface area (Å²) in [6, 6.07) is 14.3. The molecule has 4 nitrogen and oxygen atoms in total. The van der Waals surface area contributed by atoms with Crippen LogP contribution in [0.5, 0.6) is 0 Å². The van der Waals surface area contributed by atoms with Crippen LogP contribution in [0.1, 0.15) is 0 Å². The van der Waals surface area contributed by atoms with Gasteiger partial charge in [0.25, 0.3) is 0 Å². The molecular formula is C13H12N4. The van der Waals surface area contributed by atoms with Gasteiger partial charge in [0, 0.05) is 7.05 Å². The second-order valence-electron chi connectivity index (χ2n) is 3.78. The summed E-state index contributed by atoms with van der Waals surface area (Å²) in [6.07, 6.45) is 1.56. The topological polar surface area (TPSA) is 42.2 Å². The van der Waals surface area contributed by atoms with Gasteiger partial charge in [0.05, 0.1) is 0 Å².